The lowest BCUT2D eigenvalue weighted by molar-refractivity contribution is -0.138. The molecule has 0 saturated carbocycles. The highest BCUT2D eigenvalue weighted by Crippen LogP contribution is 2.23. The summed E-state index contributed by atoms with van der Waals surface area (Å²) in [5.41, 5.74) is 1.49. The Labute approximate surface area is 128 Å². The standard InChI is InChI=1S/C11H10FNO2.C5H10O2/c1-6-10(11(14)15-2)8-5-7(12)3-4-9(8)13-6;1-5(2,3)7-4-6/h3-5,13H,1-2H3;4H,1-3H3. The number of carbonyl (C=O) groups is 2. The maximum Gasteiger partial charge on any atom is 0.340 e. The number of aromatic nitrogens is 1. The van der Waals surface area contributed by atoms with Gasteiger partial charge in [0.25, 0.3) is 6.47 Å². The molecule has 0 aliphatic rings. The first-order valence-corrected chi connectivity index (χ1v) is 6.67. The van der Waals surface area contributed by atoms with Gasteiger partial charge in [-0.3, -0.25) is 4.79 Å². The Morgan fingerprint density at radius 1 is 1.32 bits per heavy atom. The molecule has 0 amide bonds. The van der Waals surface area contributed by atoms with Crippen LogP contribution in [0.2, 0.25) is 0 Å². The van der Waals surface area contributed by atoms with Gasteiger partial charge >= 0.3 is 5.97 Å². The summed E-state index contributed by atoms with van der Waals surface area (Å²) in [6.07, 6.45) is 0. The fraction of sp³-hybridized carbons (Fsp3) is 0.375. The molecule has 1 aromatic heterocycles. The number of benzene rings is 1. The van der Waals surface area contributed by atoms with Crippen LogP contribution in [0.4, 0.5) is 4.39 Å². The molecule has 120 valence electrons. The Morgan fingerprint density at radius 3 is 2.41 bits per heavy atom. The number of H-pyrrole nitrogens is 1. The Hall–Kier alpha value is -2.37. The molecule has 1 heterocycles. The summed E-state index contributed by atoms with van der Waals surface area (Å²) in [5, 5.41) is 0.555. The van der Waals surface area contributed by atoms with Crippen LogP contribution in [0, 0.1) is 12.7 Å². The number of ether oxygens (including phenoxy) is 2. The van der Waals surface area contributed by atoms with Crippen molar-refractivity contribution in [1.82, 2.24) is 4.98 Å². The quantitative estimate of drug-likeness (QED) is 0.682. The molecule has 0 saturated heterocycles. The van der Waals surface area contributed by atoms with Crippen LogP contribution >= 0.6 is 0 Å². The van der Waals surface area contributed by atoms with E-state index < -0.39 is 5.97 Å². The van der Waals surface area contributed by atoms with Crippen molar-refractivity contribution in [2.75, 3.05) is 7.11 Å². The van der Waals surface area contributed by atoms with Crippen LogP contribution in [0.1, 0.15) is 36.8 Å². The molecule has 2 aromatic rings. The SMILES string of the molecule is CC(C)(C)OC=O.COC(=O)c1c(C)[nH]c2ccc(F)cc12. The third kappa shape index (κ3) is 4.58. The molecule has 0 aliphatic carbocycles. The molecule has 2 rings (SSSR count). The van der Waals surface area contributed by atoms with Crippen LogP contribution in [0.3, 0.4) is 0 Å². The first-order chi connectivity index (χ1) is 10.2. The normalized spacial score (nSPS) is 10.6. The molecule has 5 nitrogen and oxygen atoms in total. The summed E-state index contributed by atoms with van der Waals surface area (Å²) in [6.45, 7) is 7.67. The Kier molecular flexibility index (Phi) is 5.68. The van der Waals surface area contributed by atoms with E-state index in [0.717, 1.165) is 5.52 Å². The fourth-order valence-electron chi connectivity index (χ4n) is 1.81. The maximum atomic E-state index is 13.0. The van der Waals surface area contributed by atoms with E-state index in [1.54, 1.807) is 13.0 Å². The average Bonchev–Trinajstić information content (AvgIpc) is 2.72. The summed E-state index contributed by atoms with van der Waals surface area (Å²) in [6, 6.07) is 4.27. The van der Waals surface area contributed by atoms with E-state index in [2.05, 4.69) is 14.5 Å². The first-order valence-electron chi connectivity index (χ1n) is 6.67. The molecule has 0 spiro atoms. The Bertz CT molecular complexity index is 671. The number of esters is 1. The maximum absolute atomic E-state index is 13.0. The van der Waals surface area contributed by atoms with Crippen molar-refractivity contribution in [1.29, 1.82) is 0 Å². The van der Waals surface area contributed by atoms with E-state index in [1.165, 1.54) is 19.2 Å². The van der Waals surface area contributed by atoms with Crippen LogP contribution in [0.25, 0.3) is 10.9 Å². The average molecular weight is 309 g/mol. The number of halogens is 1. The predicted octanol–water partition coefficient (Wildman–Crippen LogP) is 3.36. The van der Waals surface area contributed by atoms with Gasteiger partial charge in [-0.2, -0.15) is 0 Å². The largest absolute Gasteiger partial charge is 0.465 e. The third-order valence-corrected chi connectivity index (χ3v) is 2.74. The monoisotopic (exact) mass is 309 g/mol. The first kappa shape index (κ1) is 17.7. The fourth-order valence-corrected chi connectivity index (χ4v) is 1.81. The van der Waals surface area contributed by atoms with Crippen molar-refractivity contribution in [3.8, 4) is 0 Å². The highest BCUT2D eigenvalue weighted by atomic mass is 19.1. The lowest BCUT2D eigenvalue weighted by Crippen LogP contribution is -2.17. The summed E-state index contributed by atoms with van der Waals surface area (Å²) in [4.78, 5) is 24.1. The zero-order valence-corrected chi connectivity index (χ0v) is 13.3. The number of rotatable bonds is 2. The molecule has 22 heavy (non-hydrogen) atoms. The summed E-state index contributed by atoms with van der Waals surface area (Å²) in [5.74, 6) is -0.823. The number of aromatic amines is 1. The van der Waals surface area contributed by atoms with Gasteiger partial charge in [0.05, 0.1) is 12.7 Å². The van der Waals surface area contributed by atoms with Crippen LogP contribution < -0.4 is 0 Å². The van der Waals surface area contributed by atoms with Crippen LogP contribution in [-0.4, -0.2) is 30.1 Å². The van der Waals surface area contributed by atoms with E-state index >= 15 is 0 Å². The van der Waals surface area contributed by atoms with Gasteiger partial charge in [-0.15, -0.1) is 0 Å². The molecule has 1 N–H and O–H groups in total. The summed E-state index contributed by atoms with van der Waals surface area (Å²) >= 11 is 0. The molecule has 0 unspecified atom stereocenters. The van der Waals surface area contributed by atoms with Gasteiger partial charge in [0, 0.05) is 16.6 Å². The molecule has 0 fully saturated rings. The van der Waals surface area contributed by atoms with Gasteiger partial charge in [0.2, 0.25) is 0 Å². The van der Waals surface area contributed by atoms with Crippen molar-refractivity contribution < 1.29 is 23.5 Å². The van der Waals surface area contributed by atoms with Crippen molar-refractivity contribution in [3.05, 3.63) is 35.3 Å². The number of fused-ring (bicyclic) bond motifs is 1. The molecule has 1 aromatic carbocycles. The summed E-state index contributed by atoms with van der Waals surface area (Å²) < 4.78 is 22.2. The van der Waals surface area contributed by atoms with Crippen LogP contribution in [0.5, 0.6) is 0 Å². The van der Waals surface area contributed by atoms with Gasteiger partial charge in [-0.25, -0.2) is 9.18 Å². The topological polar surface area (TPSA) is 68.4 Å². The van der Waals surface area contributed by atoms with Gasteiger partial charge < -0.3 is 14.5 Å². The second kappa shape index (κ2) is 7.06. The van der Waals surface area contributed by atoms with Gasteiger partial charge in [-0.05, 0) is 45.9 Å². The molecule has 0 aliphatic heterocycles. The number of hydrogen-bond acceptors (Lipinski definition) is 4. The minimum atomic E-state index is -0.454. The molecular formula is C16H20FNO4. The molecule has 6 heteroatoms. The van der Waals surface area contributed by atoms with E-state index in [1.807, 2.05) is 20.8 Å². The minimum absolute atomic E-state index is 0.318. The van der Waals surface area contributed by atoms with E-state index in [-0.39, 0.29) is 11.4 Å². The second-order valence-electron chi connectivity index (χ2n) is 5.63. The van der Waals surface area contributed by atoms with E-state index in [0.29, 0.717) is 23.1 Å². The number of nitrogens with one attached hydrogen (secondary N) is 1. The third-order valence-electron chi connectivity index (χ3n) is 2.74. The number of methoxy groups -OCH3 is 1. The van der Waals surface area contributed by atoms with Crippen molar-refractivity contribution in [2.45, 2.75) is 33.3 Å². The highest BCUT2D eigenvalue weighted by Gasteiger charge is 2.16. The molecule has 0 bridgehead atoms. The lowest BCUT2D eigenvalue weighted by Gasteiger charge is -2.14. The van der Waals surface area contributed by atoms with Crippen molar-refractivity contribution >= 4 is 23.3 Å². The zero-order chi connectivity index (χ0) is 16.9. The van der Waals surface area contributed by atoms with Gasteiger partial charge in [0.15, 0.2) is 0 Å². The van der Waals surface area contributed by atoms with E-state index in [9.17, 15) is 14.0 Å². The van der Waals surface area contributed by atoms with Gasteiger partial charge in [0.1, 0.15) is 11.4 Å². The molecular weight excluding hydrogens is 289 g/mol. The zero-order valence-electron chi connectivity index (χ0n) is 13.3. The highest BCUT2D eigenvalue weighted by molar-refractivity contribution is 6.05. The predicted molar refractivity (Wildman–Crippen MR) is 81.2 cm³/mol. The van der Waals surface area contributed by atoms with Gasteiger partial charge in [-0.1, -0.05) is 0 Å². The number of hydrogen-bond donors (Lipinski definition) is 1. The Morgan fingerprint density at radius 2 is 1.95 bits per heavy atom. The lowest BCUT2D eigenvalue weighted by atomic mass is 10.1. The molecule has 0 radical (unpaired) electrons. The second-order valence-corrected chi connectivity index (χ2v) is 5.63. The Balaban J connectivity index is 0.000000295. The van der Waals surface area contributed by atoms with Crippen molar-refractivity contribution in [2.24, 2.45) is 0 Å². The smallest absolute Gasteiger partial charge is 0.340 e. The number of aryl methyl sites for hydroxylation is 1. The van der Waals surface area contributed by atoms with Crippen molar-refractivity contribution in [3.63, 3.8) is 0 Å². The van der Waals surface area contributed by atoms with Crippen LogP contribution in [0.15, 0.2) is 18.2 Å². The molecule has 0 atom stereocenters. The summed E-state index contributed by atoms with van der Waals surface area (Å²) in [7, 11) is 1.31. The van der Waals surface area contributed by atoms with Crippen LogP contribution in [-0.2, 0) is 14.3 Å². The van der Waals surface area contributed by atoms with E-state index in [4.69, 9.17) is 0 Å². The number of carbonyl (C=O) groups excluding carboxylic acids is 2. The minimum Gasteiger partial charge on any atom is -0.465 e.